The number of aromatic nitrogens is 3. The minimum Gasteiger partial charge on any atom is -0.467 e. The van der Waals surface area contributed by atoms with Gasteiger partial charge >= 0.3 is 6.09 Å². The van der Waals surface area contributed by atoms with Gasteiger partial charge in [-0.05, 0) is 88.2 Å². The van der Waals surface area contributed by atoms with Crippen molar-refractivity contribution in [3.05, 3.63) is 42.7 Å². The normalized spacial score (nSPS) is 22.1. The molecule has 2 aliphatic heterocycles. The average Bonchev–Trinajstić information content (AvgIpc) is 2.96. The van der Waals surface area contributed by atoms with Crippen LogP contribution in [-0.2, 0) is 9.47 Å². The Bertz CT molecular complexity index is 1440. The number of rotatable bonds is 9. The van der Waals surface area contributed by atoms with E-state index in [9.17, 15) is 4.79 Å². The molecule has 4 atom stereocenters. The van der Waals surface area contributed by atoms with Crippen molar-refractivity contribution in [2.45, 2.75) is 102 Å². The molecule has 0 radical (unpaired) electrons. The van der Waals surface area contributed by atoms with E-state index in [1.54, 1.807) is 11.1 Å². The molecule has 3 aromatic rings. The minimum atomic E-state index is -1.24. The van der Waals surface area contributed by atoms with Gasteiger partial charge in [-0.2, -0.15) is 0 Å². The van der Waals surface area contributed by atoms with E-state index in [2.05, 4.69) is 34.8 Å². The molecule has 2 aliphatic rings. The van der Waals surface area contributed by atoms with Gasteiger partial charge in [0.05, 0.1) is 17.8 Å². The van der Waals surface area contributed by atoms with Crippen molar-refractivity contribution >= 4 is 30.8 Å². The van der Waals surface area contributed by atoms with Gasteiger partial charge in [-0.25, -0.2) is 9.18 Å². The van der Waals surface area contributed by atoms with Crippen molar-refractivity contribution in [1.29, 1.82) is 0 Å². The summed E-state index contributed by atoms with van der Waals surface area (Å²) in [5.74, 6) is 1.23. The Hall–Kier alpha value is -3.31. The number of amides is 1. The van der Waals surface area contributed by atoms with E-state index in [-0.39, 0.29) is 12.8 Å². The van der Waals surface area contributed by atoms with E-state index in [4.69, 9.17) is 14.2 Å². The number of nitrogens with zero attached hydrogens (tertiary/aromatic N) is 5. The zero-order valence-electron chi connectivity index (χ0n) is 27.0. The standard InChI is InChI=1S/C33H46FN5O4Si/c1-33(2,3)43-32(40)39-24-9-8-10-27(39)31(34)28(19-24)38(4)30-12-11-26(36-37-30)25-17-23-20-35-14-13-22(23)18-29(25)42-21-41-15-16-44(5,6)7/h11-14,17-18,20,24,27-28,31H,8-10,15-16,19,21H2,1-7H3/t24-,27-,28-,31+/m1/s1. The van der Waals surface area contributed by atoms with Crippen LogP contribution in [0.25, 0.3) is 22.0 Å². The Morgan fingerprint density at radius 1 is 1.11 bits per heavy atom. The third-order valence-corrected chi connectivity index (χ3v) is 10.2. The summed E-state index contributed by atoms with van der Waals surface area (Å²) in [7, 11) is 0.657. The molecule has 2 fully saturated rings. The van der Waals surface area contributed by atoms with E-state index < -0.39 is 38.0 Å². The Balaban J connectivity index is 1.33. The molecule has 2 aromatic heterocycles. The highest BCUT2D eigenvalue weighted by Crippen LogP contribution is 2.40. The Morgan fingerprint density at radius 2 is 1.91 bits per heavy atom. The predicted molar refractivity (Wildman–Crippen MR) is 174 cm³/mol. The average molecular weight is 624 g/mol. The van der Waals surface area contributed by atoms with E-state index >= 15 is 4.39 Å². The van der Waals surface area contributed by atoms with Gasteiger partial charge in [-0.3, -0.25) is 9.88 Å². The molecule has 2 saturated heterocycles. The smallest absolute Gasteiger partial charge is 0.410 e. The third kappa shape index (κ3) is 7.48. The number of carbonyl (C=O) groups excluding carboxylic acids is 1. The fourth-order valence-electron chi connectivity index (χ4n) is 6.10. The Morgan fingerprint density at radius 3 is 2.61 bits per heavy atom. The second-order valence-electron chi connectivity index (χ2n) is 14.2. The Kier molecular flexibility index (Phi) is 9.46. The number of hydrogen-bond acceptors (Lipinski definition) is 8. The molecular weight excluding hydrogens is 577 g/mol. The van der Waals surface area contributed by atoms with Crippen molar-refractivity contribution in [1.82, 2.24) is 20.1 Å². The van der Waals surface area contributed by atoms with Crippen molar-refractivity contribution in [3.63, 3.8) is 0 Å². The second-order valence-corrected chi connectivity index (χ2v) is 19.8. The number of anilines is 1. The number of pyridine rings is 1. The quantitative estimate of drug-likeness (QED) is 0.142. The molecule has 5 rings (SSSR count). The monoisotopic (exact) mass is 623 g/mol. The molecule has 0 spiro atoms. The molecule has 4 heterocycles. The van der Waals surface area contributed by atoms with Gasteiger partial charge in [0.1, 0.15) is 17.5 Å². The third-order valence-electron chi connectivity index (χ3n) is 8.46. The van der Waals surface area contributed by atoms with Crippen LogP contribution in [-0.4, -0.2) is 84.6 Å². The summed E-state index contributed by atoms with van der Waals surface area (Å²) in [4.78, 5) is 20.8. The number of hydrogen-bond donors (Lipinski definition) is 0. The zero-order valence-corrected chi connectivity index (χ0v) is 28.0. The summed E-state index contributed by atoms with van der Waals surface area (Å²) < 4.78 is 33.7. The first-order chi connectivity index (χ1) is 20.8. The lowest BCUT2D eigenvalue weighted by Gasteiger charge is -2.52. The second kappa shape index (κ2) is 13.0. The van der Waals surface area contributed by atoms with Gasteiger partial charge < -0.3 is 19.1 Å². The Labute approximate surface area is 261 Å². The molecule has 0 unspecified atom stereocenters. The highest BCUT2D eigenvalue weighted by molar-refractivity contribution is 6.76. The molecule has 1 aromatic carbocycles. The summed E-state index contributed by atoms with van der Waals surface area (Å²) in [6.45, 7) is 13.3. The van der Waals surface area contributed by atoms with Gasteiger partial charge in [0, 0.05) is 51.1 Å². The first kappa shape index (κ1) is 32.1. The number of carbonyl (C=O) groups is 1. The van der Waals surface area contributed by atoms with Gasteiger partial charge in [-0.1, -0.05) is 19.6 Å². The highest BCUT2D eigenvalue weighted by atomic mass is 28.3. The summed E-state index contributed by atoms with van der Waals surface area (Å²) in [6.07, 6.45) is 4.76. The zero-order chi connectivity index (χ0) is 31.6. The van der Waals surface area contributed by atoms with Crippen LogP contribution in [0.1, 0.15) is 46.5 Å². The predicted octanol–water partition coefficient (Wildman–Crippen LogP) is 7.09. The summed E-state index contributed by atoms with van der Waals surface area (Å²) in [5.41, 5.74) is 0.790. The fourth-order valence-corrected chi connectivity index (χ4v) is 6.85. The number of benzene rings is 1. The lowest BCUT2D eigenvalue weighted by Crippen LogP contribution is -2.65. The molecule has 44 heavy (non-hydrogen) atoms. The molecule has 0 aliphatic carbocycles. The summed E-state index contributed by atoms with van der Waals surface area (Å²) >= 11 is 0. The molecule has 2 bridgehead atoms. The van der Waals surface area contributed by atoms with E-state index in [1.165, 1.54) is 0 Å². The first-order valence-corrected chi connectivity index (χ1v) is 19.3. The molecule has 11 heteroatoms. The van der Waals surface area contributed by atoms with Crippen LogP contribution in [0.2, 0.25) is 25.7 Å². The van der Waals surface area contributed by atoms with Crippen molar-refractivity contribution in [2.24, 2.45) is 0 Å². The van der Waals surface area contributed by atoms with Gasteiger partial charge in [0.2, 0.25) is 0 Å². The number of fused-ring (bicyclic) bond motifs is 3. The molecule has 0 N–H and O–H groups in total. The number of piperidine rings is 2. The topological polar surface area (TPSA) is 89.9 Å². The fraction of sp³-hybridized carbons (Fsp3) is 0.576. The van der Waals surface area contributed by atoms with E-state index in [1.807, 2.05) is 69.2 Å². The van der Waals surface area contributed by atoms with Crippen LogP contribution in [0, 0.1) is 0 Å². The van der Waals surface area contributed by atoms with Crippen LogP contribution < -0.4 is 9.64 Å². The summed E-state index contributed by atoms with van der Waals surface area (Å²) in [6, 6.07) is 9.71. The largest absolute Gasteiger partial charge is 0.467 e. The van der Waals surface area contributed by atoms with E-state index in [0.29, 0.717) is 36.7 Å². The van der Waals surface area contributed by atoms with Gasteiger partial charge in [0.25, 0.3) is 0 Å². The maximum atomic E-state index is 16.1. The SMILES string of the molecule is CN(c1ccc(-c2cc3cnccc3cc2OCOCC[Si](C)(C)C)nn1)[C@@H]1C[C@H]2CCC[C@H]([C@@H]1F)N2C(=O)OC(C)(C)C. The molecule has 1 amide bonds. The number of ether oxygens (including phenoxy) is 3. The first-order valence-electron chi connectivity index (χ1n) is 15.6. The van der Waals surface area contributed by atoms with Crippen molar-refractivity contribution in [2.75, 3.05) is 25.3 Å². The molecule has 0 saturated carbocycles. The van der Waals surface area contributed by atoms with Gasteiger partial charge in [-0.15, -0.1) is 10.2 Å². The number of alkyl halides is 1. The lowest BCUT2D eigenvalue weighted by molar-refractivity contribution is -0.0467. The highest BCUT2D eigenvalue weighted by Gasteiger charge is 2.50. The lowest BCUT2D eigenvalue weighted by atomic mass is 9.80. The van der Waals surface area contributed by atoms with Crippen LogP contribution in [0.15, 0.2) is 42.7 Å². The van der Waals surface area contributed by atoms with Crippen molar-refractivity contribution in [3.8, 4) is 17.0 Å². The maximum absolute atomic E-state index is 16.1. The summed E-state index contributed by atoms with van der Waals surface area (Å²) in [5, 5.41) is 11.0. The van der Waals surface area contributed by atoms with Crippen molar-refractivity contribution < 1.29 is 23.4 Å². The molecular formula is C33H46FN5O4Si. The van der Waals surface area contributed by atoms with Crippen LogP contribution in [0.4, 0.5) is 15.0 Å². The van der Waals surface area contributed by atoms with Gasteiger partial charge in [0.15, 0.2) is 12.6 Å². The number of halogens is 1. The van der Waals surface area contributed by atoms with Crippen LogP contribution in [0.3, 0.4) is 0 Å². The minimum absolute atomic E-state index is 0.0749. The van der Waals surface area contributed by atoms with Crippen LogP contribution >= 0.6 is 0 Å². The van der Waals surface area contributed by atoms with Crippen LogP contribution in [0.5, 0.6) is 5.75 Å². The van der Waals surface area contributed by atoms with E-state index in [0.717, 1.165) is 35.2 Å². The maximum Gasteiger partial charge on any atom is 0.410 e. The molecule has 9 nitrogen and oxygen atoms in total. The molecule has 238 valence electrons.